The van der Waals surface area contributed by atoms with Crippen molar-refractivity contribution < 1.29 is 14.7 Å². The Balaban J connectivity index is 2.67. The monoisotopic (exact) mass is 257 g/mol. The van der Waals surface area contributed by atoms with E-state index in [-0.39, 0.29) is 17.5 Å². The third kappa shape index (κ3) is 2.57. The lowest BCUT2D eigenvalue weighted by atomic mass is 9.98. The minimum Gasteiger partial charge on any atom is -0.478 e. The molecule has 0 heterocycles. The third-order valence-corrected chi connectivity index (χ3v) is 2.80. The topological polar surface area (TPSA) is 66.4 Å². The Morgan fingerprint density at radius 2 is 1.63 bits per heavy atom. The molecule has 0 atom stereocenters. The molecule has 4 nitrogen and oxygen atoms in total. The van der Waals surface area contributed by atoms with Gasteiger partial charge in [-0.25, -0.2) is 4.79 Å². The number of carbonyl (C=O) groups is 2. The Morgan fingerprint density at radius 3 is 2.16 bits per heavy atom. The van der Waals surface area contributed by atoms with E-state index in [0.29, 0.717) is 10.9 Å². The van der Waals surface area contributed by atoms with Gasteiger partial charge in [0.2, 0.25) is 0 Å². The van der Waals surface area contributed by atoms with Gasteiger partial charge in [-0.15, -0.1) is 0 Å². The molecule has 19 heavy (non-hydrogen) atoms. The van der Waals surface area contributed by atoms with Gasteiger partial charge in [0.25, 0.3) is 5.91 Å². The molecule has 2 aromatic carbocycles. The molecule has 1 amide bonds. The normalized spacial score (nSPS) is 10.7. The summed E-state index contributed by atoms with van der Waals surface area (Å²) in [5.74, 6) is -1.29. The summed E-state index contributed by atoms with van der Waals surface area (Å²) in [5, 5.41) is 13.3. The summed E-state index contributed by atoms with van der Waals surface area (Å²) >= 11 is 0. The summed E-state index contributed by atoms with van der Waals surface area (Å²) in [5.41, 5.74) is 0.538. The smallest absolute Gasteiger partial charge is 0.336 e. The van der Waals surface area contributed by atoms with Gasteiger partial charge < -0.3 is 10.4 Å². The highest BCUT2D eigenvalue weighted by Crippen LogP contribution is 2.23. The van der Waals surface area contributed by atoms with Gasteiger partial charge in [0.1, 0.15) is 0 Å². The maximum atomic E-state index is 12.1. The lowest BCUT2D eigenvalue weighted by molar-refractivity contribution is 0.0699. The van der Waals surface area contributed by atoms with Gasteiger partial charge in [0.15, 0.2) is 0 Å². The van der Waals surface area contributed by atoms with Crippen molar-refractivity contribution in [3.05, 3.63) is 47.5 Å². The van der Waals surface area contributed by atoms with Crippen molar-refractivity contribution in [3.8, 4) is 0 Å². The summed E-state index contributed by atoms with van der Waals surface area (Å²) in [6.45, 7) is 3.72. The fraction of sp³-hybridized carbons (Fsp3) is 0.200. The van der Waals surface area contributed by atoms with Gasteiger partial charge in [0, 0.05) is 17.0 Å². The summed E-state index contributed by atoms with van der Waals surface area (Å²) < 4.78 is 0. The second kappa shape index (κ2) is 5.10. The van der Waals surface area contributed by atoms with Crippen LogP contribution in [0.3, 0.4) is 0 Å². The molecule has 2 rings (SSSR count). The van der Waals surface area contributed by atoms with Crippen LogP contribution in [-0.4, -0.2) is 23.0 Å². The van der Waals surface area contributed by atoms with E-state index < -0.39 is 5.97 Å². The lowest BCUT2D eigenvalue weighted by Crippen LogP contribution is -2.30. The summed E-state index contributed by atoms with van der Waals surface area (Å²) in [4.78, 5) is 23.4. The van der Waals surface area contributed by atoms with Crippen LogP contribution in [0.2, 0.25) is 0 Å². The summed E-state index contributed by atoms with van der Waals surface area (Å²) in [6.07, 6.45) is 0. The Hall–Kier alpha value is -2.36. The predicted molar refractivity (Wildman–Crippen MR) is 73.5 cm³/mol. The van der Waals surface area contributed by atoms with Gasteiger partial charge >= 0.3 is 5.97 Å². The number of rotatable bonds is 3. The number of hydrogen-bond donors (Lipinski definition) is 2. The van der Waals surface area contributed by atoms with E-state index in [2.05, 4.69) is 5.32 Å². The first-order valence-corrected chi connectivity index (χ1v) is 6.06. The quantitative estimate of drug-likeness (QED) is 0.888. The van der Waals surface area contributed by atoms with Crippen LogP contribution in [0.15, 0.2) is 36.4 Å². The minimum atomic E-state index is -1.03. The summed E-state index contributed by atoms with van der Waals surface area (Å²) in [6, 6.07) is 10.2. The molecule has 0 saturated carbocycles. The van der Waals surface area contributed by atoms with Gasteiger partial charge in [0.05, 0.1) is 5.56 Å². The molecule has 2 aromatic rings. The Labute approximate surface area is 111 Å². The molecule has 0 spiro atoms. The van der Waals surface area contributed by atoms with Crippen molar-refractivity contribution in [3.63, 3.8) is 0 Å². The molecule has 0 aromatic heterocycles. The number of benzene rings is 2. The highest BCUT2D eigenvalue weighted by atomic mass is 16.4. The average molecular weight is 257 g/mol. The molecule has 0 fully saturated rings. The first-order valence-electron chi connectivity index (χ1n) is 6.06. The van der Waals surface area contributed by atoms with Crippen LogP contribution >= 0.6 is 0 Å². The number of aromatic carboxylic acids is 1. The number of carbonyl (C=O) groups excluding carboxylic acids is 1. The predicted octanol–water partition coefficient (Wildman–Crippen LogP) is 2.68. The SMILES string of the molecule is CC(C)NC(=O)c1cccc2cccc(C(=O)O)c12. The number of carboxylic acid groups (broad SMARTS) is 1. The van der Waals surface area contributed by atoms with Gasteiger partial charge in [-0.05, 0) is 31.4 Å². The molecule has 0 saturated heterocycles. The van der Waals surface area contributed by atoms with Crippen LogP contribution < -0.4 is 5.32 Å². The van der Waals surface area contributed by atoms with Crippen LogP contribution in [0.25, 0.3) is 10.8 Å². The molecule has 0 radical (unpaired) electrons. The first-order chi connectivity index (χ1) is 9.00. The van der Waals surface area contributed by atoms with Crippen molar-refractivity contribution in [1.82, 2.24) is 5.32 Å². The van der Waals surface area contributed by atoms with Gasteiger partial charge in [-0.2, -0.15) is 0 Å². The number of amides is 1. The number of nitrogens with one attached hydrogen (secondary N) is 1. The number of carboxylic acids is 1. The van der Waals surface area contributed by atoms with Crippen LogP contribution in [0.5, 0.6) is 0 Å². The molecule has 0 aliphatic rings. The fourth-order valence-electron chi connectivity index (χ4n) is 2.05. The number of fused-ring (bicyclic) bond motifs is 1. The molecular weight excluding hydrogens is 242 g/mol. The molecule has 0 aliphatic heterocycles. The Bertz CT molecular complexity index is 642. The summed E-state index contributed by atoms with van der Waals surface area (Å²) in [7, 11) is 0. The van der Waals surface area contributed by atoms with E-state index in [4.69, 9.17) is 0 Å². The molecule has 0 bridgehead atoms. The average Bonchev–Trinajstić information content (AvgIpc) is 2.36. The van der Waals surface area contributed by atoms with E-state index in [1.165, 1.54) is 6.07 Å². The zero-order valence-corrected chi connectivity index (χ0v) is 10.8. The van der Waals surface area contributed by atoms with Crippen molar-refractivity contribution in [1.29, 1.82) is 0 Å². The minimum absolute atomic E-state index is 0.000235. The molecule has 4 heteroatoms. The van der Waals surface area contributed by atoms with Crippen LogP contribution in [0, 0.1) is 0 Å². The fourth-order valence-corrected chi connectivity index (χ4v) is 2.05. The second-order valence-corrected chi connectivity index (χ2v) is 4.64. The maximum Gasteiger partial charge on any atom is 0.336 e. The van der Waals surface area contributed by atoms with Crippen molar-refractivity contribution in [2.75, 3.05) is 0 Å². The van der Waals surface area contributed by atoms with E-state index in [1.54, 1.807) is 30.3 Å². The van der Waals surface area contributed by atoms with Gasteiger partial charge in [-0.3, -0.25) is 4.79 Å². The third-order valence-electron chi connectivity index (χ3n) is 2.80. The van der Waals surface area contributed by atoms with E-state index in [9.17, 15) is 14.7 Å². The second-order valence-electron chi connectivity index (χ2n) is 4.64. The van der Waals surface area contributed by atoms with Crippen LogP contribution in [0.1, 0.15) is 34.6 Å². The van der Waals surface area contributed by atoms with E-state index >= 15 is 0 Å². The van der Waals surface area contributed by atoms with Crippen LogP contribution in [-0.2, 0) is 0 Å². The van der Waals surface area contributed by atoms with Gasteiger partial charge in [-0.1, -0.05) is 24.3 Å². The molecule has 0 aliphatic carbocycles. The highest BCUT2D eigenvalue weighted by Gasteiger charge is 2.16. The van der Waals surface area contributed by atoms with Crippen LogP contribution in [0.4, 0.5) is 0 Å². The largest absolute Gasteiger partial charge is 0.478 e. The van der Waals surface area contributed by atoms with Crippen molar-refractivity contribution in [2.24, 2.45) is 0 Å². The highest BCUT2D eigenvalue weighted by molar-refractivity contribution is 6.14. The maximum absolute atomic E-state index is 12.1. The number of hydrogen-bond acceptors (Lipinski definition) is 2. The lowest BCUT2D eigenvalue weighted by Gasteiger charge is -2.12. The standard InChI is InChI=1S/C15H15NO3/c1-9(2)16-14(17)11-7-3-5-10-6-4-8-12(13(10)11)15(18)19/h3-9H,1-2H3,(H,16,17)(H,18,19). The van der Waals surface area contributed by atoms with E-state index in [1.807, 2.05) is 13.8 Å². The molecular formula is C15H15NO3. The molecule has 2 N–H and O–H groups in total. The Morgan fingerprint density at radius 1 is 1.05 bits per heavy atom. The Kier molecular flexibility index (Phi) is 3.51. The van der Waals surface area contributed by atoms with Crippen molar-refractivity contribution >= 4 is 22.6 Å². The van der Waals surface area contributed by atoms with Crippen molar-refractivity contribution in [2.45, 2.75) is 19.9 Å². The zero-order valence-electron chi connectivity index (χ0n) is 10.8. The molecule has 98 valence electrons. The zero-order chi connectivity index (χ0) is 14.0. The first kappa shape index (κ1) is 13.1. The van der Waals surface area contributed by atoms with E-state index in [0.717, 1.165) is 5.39 Å². The molecule has 0 unspecified atom stereocenters.